The van der Waals surface area contributed by atoms with Crippen molar-refractivity contribution in [1.29, 1.82) is 0 Å². The van der Waals surface area contributed by atoms with Gasteiger partial charge in [0, 0.05) is 12.3 Å². The molecule has 0 bridgehead atoms. The van der Waals surface area contributed by atoms with Gasteiger partial charge < -0.3 is 8.94 Å². The van der Waals surface area contributed by atoms with E-state index in [2.05, 4.69) is 20.7 Å². The minimum absolute atomic E-state index is 0.0191. The van der Waals surface area contributed by atoms with E-state index < -0.39 is 15.7 Å². The van der Waals surface area contributed by atoms with Crippen molar-refractivity contribution >= 4 is 21.8 Å². The van der Waals surface area contributed by atoms with Gasteiger partial charge in [0.05, 0.1) is 16.7 Å². The van der Waals surface area contributed by atoms with E-state index in [0.29, 0.717) is 0 Å². The van der Waals surface area contributed by atoms with Crippen molar-refractivity contribution in [3.05, 3.63) is 42.1 Å². The fourth-order valence-corrected chi connectivity index (χ4v) is 2.73. The first-order chi connectivity index (χ1) is 10.9. The molecule has 23 heavy (non-hydrogen) atoms. The lowest BCUT2D eigenvalue weighted by Gasteiger charge is -2.06. The van der Waals surface area contributed by atoms with E-state index in [1.807, 2.05) is 0 Å². The molecule has 0 aliphatic carbocycles. The molecule has 0 aliphatic heterocycles. The zero-order chi connectivity index (χ0) is 16.4. The predicted molar refractivity (Wildman–Crippen MR) is 77.3 cm³/mol. The van der Waals surface area contributed by atoms with Gasteiger partial charge in [0.1, 0.15) is 0 Å². The van der Waals surface area contributed by atoms with Crippen LogP contribution in [0.4, 0.5) is 6.01 Å². The molecule has 10 heteroatoms. The molecular weight excluding hydrogens is 324 g/mol. The number of nitrogens with one attached hydrogen (secondary N) is 1. The van der Waals surface area contributed by atoms with Gasteiger partial charge in [-0.2, -0.15) is 0 Å². The number of rotatable bonds is 4. The minimum Gasteiger partial charge on any atom is -0.400 e. The second kappa shape index (κ2) is 5.65. The number of carbonyl (C=O) groups excluding carboxylic acids is 1. The normalized spacial score (nSPS) is 11.3. The molecule has 0 unspecified atom stereocenters. The van der Waals surface area contributed by atoms with Crippen molar-refractivity contribution in [2.75, 3.05) is 11.6 Å². The second-order valence-corrected chi connectivity index (χ2v) is 6.50. The molecule has 3 aromatic rings. The molecule has 2 aromatic heterocycles. The third-order valence-electron chi connectivity index (χ3n) is 2.83. The Morgan fingerprint density at radius 3 is 2.65 bits per heavy atom. The highest BCUT2D eigenvalue weighted by atomic mass is 32.2. The van der Waals surface area contributed by atoms with E-state index in [0.717, 1.165) is 6.26 Å². The summed E-state index contributed by atoms with van der Waals surface area (Å²) in [6.07, 6.45) is 2.42. The quantitative estimate of drug-likeness (QED) is 0.757. The van der Waals surface area contributed by atoms with E-state index in [1.54, 1.807) is 6.07 Å². The number of aromatic nitrogens is 3. The highest BCUT2D eigenvalue weighted by Crippen LogP contribution is 2.20. The van der Waals surface area contributed by atoms with Crippen molar-refractivity contribution in [3.8, 4) is 11.7 Å². The number of hydrogen-bond donors (Lipinski definition) is 1. The molecule has 0 saturated carbocycles. The number of benzene rings is 1. The van der Waals surface area contributed by atoms with Crippen LogP contribution in [0.25, 0.3) is 11.7 Å². The Labute approximate surface area is 130 Å². The van der Waals surface area contributed by atoms with Crippen molar-refractivity contribution in [3.63, 3.8) is 0 Å². The van der Waals surface area contributed by atoms with Crippen LogP contribution in [-0.2, 0) is 9.84 Å². The summed E-state index contributed by atoms with van der Waals surface area (Å²) in [5, 5.41) is 13.2. The van der Waals surface area contributed by atoms with Crippen LogP contribution in [0.15, 0.2) is 50.4 Å². The Kier molecular flexibility index (Phi) is 3.66. The van der Waals surface area contributed by atoms with Crippen LogP contribution in [0.2, 0.25) is 0 Å². The van der Waals surface area contributed by atoms with Crippen LogP contribution in [-0.4, -0.2) is 35.9 Å². The number of sulfone groups is 1. The van der Waals surface area contributed by atoms with Gasteiger partial charge in [-0.1, -0.05) is 22.4 Å². The predicted octanol–water partition coefficient (Wildman–Crippen LogP) is 1.38. The molecular formula is C13H10N4O5S. The third kappa shape index (κ3) is 3.11. The lowest BCUT2D eigenvalue weighted by Crippen LogP contribution is -2.16. The van der Waals surface area contributed by atoms with Gasteiger partial charge >= 0.3 is 6.01 Å². The van der Waals surface area contributed by atoms with Crippen LogP contribution in [0.1, 0.15) is 10.4 Å². The maximum atomic E-state index is 12.2. The molecule has 118 valence electrons. The Hall–Kier alpha value is -3.01. The van der Waals surface area contributed by atoms with E-state index in [4.69, 9.17) is 8.94 Å². The largest absolute Gasteiger partial charge is 0.400 e. The Bertz CT molecular complexity index is 946. The molecule has 0 atom stereocenters. The van der Waals surface area contributed by atoms with E-state index in [-0.39, 0.29) is 28.1 Å². The maximum absolute atomic E-state index is 12.2. The van der Waals surface area contributed by atoms with Crippen LogP contribution < -0.4 is 5.32 Å². The van der Waals surface area contributed by atoms with Crippen molar-refractivity contribution in [1.82, 2.24) is 15.4 Å². The third-order valence-corrected chi connectivity index (χ3v) is 3.98. The van der Waals surface area contributed by atoms with E-state index in [9.17, 15) is 13.2 Å². The topological polar surface area (TPSA) is 128 Å². The first kappa shape index (κ1) is 14.9. The van der Waals surface area contributed by atoms with Gasteiger partial charge in [-0.05, 0) is 12.1 Å². The molecule has 1 aromatic carbocycles. The van der Waals surface area contributed by atoms with Gasteiger partial charge in [0.15, 0.2) is 9.84 Å². The maximum Gasteiger partial charge on any atom is 0.322 e. The molecule has 0 spiro atoms. The number of amides is 1. The van der Waals surface area contributed by atoms with Gasteiger partial charge in [-0.25, -0.2) is 8.42 Å². The molecule has 0 aliphatic rings. The molecule has 9 nitrogen and oxygen atoms in total. The second-order valence-electron chi connectivity index (χ2n) is 4.51. The Morgan fingerprint density at radius 1 is 1.17 bits per heavy atom. The average Bonchev–Trinajstić information content (AvgIpc) is 3.17. The van der Waals surface area contributed by atoms with Crippen molar-refractivity contribution in [2.24, 2.45) is 0 Å². The standard InChI is InChI=1S/C13H10N4O5S/c1-23(19,20)10-5-3-2-4-8(10)11(18)15-13-17-16-12(21-13)9-6-7-14-22-9/h2-7H,1H3,(H,15,17,18). The van der Waals surface area contributed by atoms with Crippen LogP contribution in [0, 0.1) is 0 Å². The summed E-state index contributed by atoms with van der Waals surface area (Å²) in [5.41, 5.74) is -0.0191. The SMILES string of the molecule is CS(=O)(=O)c1ccccc1C(=O)Nc1nnc(-c2ccno2)o1. The summed E-state index contributed by atoms with van der Waals surface area (Å²) in [4.78, 5) is 12.1. The summed E-state index contributed by atoms with van der Waals surface area (Å²) in [7, 11) is -3.55. The summed E-state index contributed by atoms with van der Waals surface area (Å²) in [6, 6.07) is 7.14. The molecule has 0 saturated heterocycles. The average molecular weight is 334 g/mol. The van der Waals surface area contributed by atoms with E-state index >= 15 is 0 Å². The number of hydrogen-bond acceptors (Lipinski definition) is 8. The summed E-state index contributed by atoms with van der Waals surface area (Å²) in [6.45, 7) is 0. The number of nitrogens with zero attached hydrogens (tertiary/aromatic N) is 3. The minimum atomic E-state index is -3.55. The molecule has 0 radical (unpaired) electrons. The summed E-state index contributed by atoms with van der Waals surface area (Å²) >= 11 is 0. The van der Waals surface area contributed by atoms with Crippen LogP contribution >= 0.6 is 0 Å². The van der Waals surface area contributed by atoms with Gasteiger partial charge in [0.25, 0.3) is 11.8 Å². The van der Waals surface area contributed by atoms with Crippen LogP contribution in [0.3, 0.4) is 0 Å². The lowest BCUT2D eigenvalue weighted by atomic mass is 10.2. The van der Waals surface area contributed by atoms with Gasteiger partial charge in [-0.3, -0.25) is 10.1 Å². The van der Waals surface area contributed by atoms with Crippen LogP contribution in [0.5, 0.6) is 0 Å². The van der Waals surface area contributed by atoms with Gasteiger partial charge in [-0.15, -0.1) is 5.10 Å². The summed E-state index contributed by atoms with van der Waals surface area (Å²) < 4.78 is 33.5. The molecule has 3 rings (SSSR count). The monoisotopic (exact) mass is 334 g/mol. The van der Waals surface area contributed by atoms with Crippen molar-refractivity contribution < 1.29 is 22.2 Å². The number of anilines is 1. The smallest absolute Gasteiger partial charge is 0.322 e. The fourth-order valence-electron chi connectivity index (χ4n) is 1.84. The lowest BCUT2D eigenvalue weighted by molar-refractivity contribution is 0.102. The Balaban J connectivity index is 1.86. The van der Waals surface area contributed by atoms with Gasteiger partial charge in [0.2, 0.25) is 5.76 Å². The zero-order valence-corrected chi connectivity index (χ0v) is 12.6. The zero-order valence-electron chi connectivity index (χ0n) is 11.8. The highest BCUT2D eigenvalue weighted by Gasteiger charge is 2.20. The Morgan fingerprint density at radius 2 is 1.96 bits per heavy atom. The molecule has 1 N–H and O–H groups in total. The first-order valence-corrected chi connectivity index (χ1v) is 8.19. The van der Waals surface area contributed by atoms with Crippen molar-refractivity contribution in [2.45, 2.75) is 4.90 Å². The fraction of sp³-hybridized carbons (Fsp3) is 0.0769. The number of carbonyl (C=O) groups is 1. The molecule has 1 amide bonds. The molecule has 0 fully saturated rings. The summed E-state index contributed by atoms with van der Waals surface area (Å²) in [5.74, 6) is -0.400. The molecule has 2 heterocycles. The highest BCUT2D eigenvalue weighted by molar-refractivity contribution is 7.90. The first-order valence-electron chi connectivity index (χ1n) is 6.30. The van der Waals surface area contributed by atoms with E-state index in [1.165, 1.54) is 30.5 Å².